The molecule has 1 aliphatic rings. The second-order valence-corrected chi connectivity index (χ2v) is 7.76. The van der Waals surface area contributed by atoms with Crippen LogP contribution in [0.25, 0.3) is 0 Å². The molecule has 0 radical (unpaired) electrons. The molecule has 0 saturated heterocycles. The predicted molar refractivity (Wildman–Crippen MR) is 114 cm³/mol. The van der Waals surface area contributed by atoms with Gasteiger partial charge in [0.2, 0.25) is 5.91 Å². The molecule has 2 aromatic carbocycles. The third kappa shape index (κ3) is 5.88. The number of anilines is 2. The first-order chi connectivity index (χ1) is 13.5. The molecule has 5 nitrogen and oxygen atoms in total. The number of rotatable bonds is 6. The topological polar surface area (TPSA) is 70.2 Å². The lowest BCUT2D eigenvalue weighted by molar-refractivity contribution is -0.114. The SMILES string of the molecule is O=C(CNc1ccc(Cl)cc1Cl)Nc1cccc(C(=O)NC2CCCCC2)c1. The van der Waals surface area contributed by atoms with E-state index in [9.17, 15) is 9.59 Å². The molecule has 0 aromatic heterocycles. The minimum atomic E-state index is -0.240. The van der Waals surface area contributed by atoms with Gasteiger partial charge in [0.25, 0.3) is 5.91 Å². The van der Waals surface area contributed by atoms with Crippen LogP contribution in [0.3, 0.4) is 0 Å². The lowest BCUT2D eigenvalue weighted by Gasteiger charge is -2.22. The van der Waals surface area contributed by atoms with Crippen molar-refractivity contribution in [2.75, 3.05) is 17.2 Å². The minimum Gasteiger partial charge on any atom is -0.375 e. The van der Waals surface area contributed by atoms with Crippen LogP contribution >= 0.6 is 23.2 Å². The third-order valence-corrected chi connectivity index (χ3v) is 5.27. The monoisotopic (exact) mass is 419 g/mol. The second kappa shape index (κ2) is 9.80. The zero-order valence-corrected chi connectivity index (χ0v) is 16.9. The number of hydrogen-bond acceptors (Lipinski definition) is 3. The Morgan fingerprint density at radius 2 is 1.79 bits per heavy atom. The molecule has 148 valence electrons. The molecule has 1 aliphatic carbocycles. The maximum Gasteiger partial charge on any atom is 0.251 e. The maximum atomic E-state index is 12.5. The van der Waals surface area contributed by atoms with Gasteiger partial charge in [-0.25, -0.2) is 0 Å². The summed E-state index contributed by atoms with van der Waals surface area (Å²) < 4.78 is 0. The summed E-state index contributed by atoms with van der Waals surface area (Å²) in [7, 11) is 0. The average molecular weight is 420 g/mol. The summed E-state index contributed by atoms with van der Waals surface area (Å²) in [6.45, 7) is 0.0415. The normalized spacial score (nSPS) is 14.4. The van der Waals surface area contributed by atoms with E-state index in [1.54, 1.807) is 42.5 Å². The first-order valence-electron chi connectivity index (χ1n) is 9.41. The summed E-state index contributed by atoms with van der Waals surface area (Å²) in [5, 5.41) is 9.82. The Labute approximate surface area is 174 Å². The molecule has 1 saturated carbocycles. The minimum absolute atomic E-state index is 0.0415. The number of carbonyl (C=O) groups excluding carboxylic acids is 2. The first kappa shape index (κ1) is 20.5. The van der Waals surface area contributed by atoms with Crippen LogP contribution in [0.2, 0.25) is 10.0 Å². The van der Waals surface area contributed by atoms with E-state index in [2.05, 4.69) is 16.0 Å². The van der Waals surface area contributed by atoms with Crippen molar-refractivity contribution in [1.29, 1.82) is 0 Å². The van der Waals surface area contributed by atoms with E-state index in [1.807, 2.05) is 0 Å². The van der Waals surface area contributed by atoms with Crippen molar-refractivity contribution in [1.82, 2.24) is 5.32 Å². The molecular weight excluding hydrogens is 397 g/mol. The summed E-state index contributed by atoms with van der Waals surface area (Å²) in [6, 6.07) is 12.2. The lowest BCUT2D eigenvalue weighted by atomic mass is 9.95. The van der Waals surface area contributed by atoms with Crippen LogP contribution in [-0.2, 0) is 4.79 Å². The van der Waals surface area contributed by atoms with Crippen LogP contribution < -0.4 is 16.0 Å². The molecule has 0 atom stereocenters. The molecule has 7 heteroatoms. The average Bonchev–Trinajstić information content (AvgIpc) is 2.68. The molecule has 0 aliphatic heterocycles. The summed E-state index contributed by atoms with van der Waals surface area (Å²) in [6.07, 6.45) is 5.61. The van der Waals surface area contributed by atoms with Gasteiger partial charge in [-0.3, -0.25) is 9.59 Å². The third-order valence-electron chi connectivity index (χ3n) is 4.72. The van der Waals surface area contributed by atoms with Gasteiger partial charge < -0.3 is 16.0 Å². The van der Waals surface area contributed by atoms with Crippen LogP contribution in [0.5, 0.6) is 0 Å². The highest BCUT2D eigenvalue weighted by Gasteiger charge is 2.17. The Bertz CT molecular complexity index is 851. The van der Waals surface area contributed by atoms with Crippen molar-refractivity contribution < 1.29 is 9.59 Å². The Morgan fingerprint density at radius 3 is 2.54 bits per heavy atom. The fourth-order valence-corrected chi connectivity index (χ4v) is 3.74. The number of hydrogen-bond donors (Lipinski definition) is 3. The zero-order valence-electron chi connectivity index (χ0n) is 15.4. The van der Waals surface area contributed by atoms with Crippen LogP contribution in [0, 0.1) is 0 Å². The van der Waals surface area contributed by atoms with Crippen LogP contribution in [0.4, 0.5) is 11.4 Å². The van der Waals surface area contributed by atoms with Gasteiger partial charge in [-0.1, -0.05) is 48.5 Å². The van der Waals surface area contributed by atoms with Crippen molar-refractivity contribution in [3.8, 4) is 0 Å². The predicted octanol–water partition coefficient (Wildman–Crippen LogP) is 5.11. The molecular formula is C21H23Cl2N3O2. The highest BCUT2D eigenvalue weighted by molar-refractivity contribution is 6.36. The Balaban J connectivity index is 1.54. The zero-order chi connectivity index (χ0) is 19.9. The van der Waals surface area contributed by atoms with E-state index in [0.29, 0.717) is 27.0 Å². The van der Waals surface area contributed by atoms with Gasteiger partial charge in [-0.05, 0) is 49.2 Å². The first-order valence-corrected chi connectivity index (χ1v) is 10.2. The molecule has 0 heterocycles. The van der Waals surface area contributed by atoms with Gasteiger partial charge in [0.15, 0.2) is 0 Å². The van der Waals surface area contributed by atoms with Crippen molar-refractivity contribution in [2.45, 2.75) is 38.1 Å². The van der Waals surface area contributed by atoms with Gasteiger partial charge in [-0.15, -0.1) is 0 Å². The van der Waals surface area contributed by atoms with Gasteiger partial charge >= 0.3 is 0 Å². The highest BCUT2D eigenvalue weighted by atomic mass is 35.5. The number of nitrogens with one attached hydrogen (secondary N) is 3. The van der Waals surface area contributed by atoms with Gasteiger partial charge in [0, 0.05) is 22.3 Å². The van der Waals surface area contributed by atoms with E-state index in [-0.39, 0.29) is 24.4 Å². The summed E-state index contributed by atoms with van der Waals surface area (Å²) in [4.78, 5) is 24.7. The highest BCUT2D eigenvalue weighted by Crippen LogP contribution is 2.25. The van der Waals surface area contributed by atoms with E-state index >= 15 is 0 Å². The lowest BCUT2D eigenvalue weighted by Crippen LogP contribution is -2.36. The van der Waals surface area contributed by atoms with Crippen molar-refractivity contribution in [3.63, 3.8) is 0 Å². The van der Waals surface area contributed by atoms with Gasteiger partial charge in [0.1, 0.15) is 0 Å². The molecule has 0 spiro atoms. The van der Waals surface area contributed by atoms with Gasteiger partial charge in [-0.2, -0.15) is 0 Å². The number of benzene rings is 2. The Hall–Kier alpha value is -2.24. The van der Waals surface area contributed by atoms with Crippen LogP contribution in [0.15, 0.2) is 42.5 Å². The maximum absolute atomic E-state index is 12.5. The number of carbonyl (C=O) groups is 2. The van der Waals surface area contributed by atoms with Crippen molar-refractivity contribution in [3.05, 3.63) is 58.1 Å². The largest absolute Gasteiger partial charge is 0.375 e. The molecule has 28 heavy (non-hydrogen) atoms. The Morgan fingerprint density at radius 1 is 1.00 bits per heavy atom. The summed E-state index contributed by atoms with van der Waals surface area (Å²) >= 11 is 12.0. The van der Waals surface area contributed by atoms with Crippen molar-refractivity contribution in [2.24, 2.45) is 0 Å². The molecule has 3 N–H and O–H groups in total. The molecule has 2 aromatic rings. The molecule has 1 fully saturated rings. The number of amides is 2. The summed E-state index contributed by atoms with van der Waals surface area (Å²) in [5.74, 6) is -0.343. The van der Waals surface area contributed by atoms with E-state index in [0.717, 1.165) is 25.7 Å². The Kier molecular flexibility index (Phi) is 7.18. The van der Waals surface area contributed by atoms with E-state index in [1.165, 1.54) is 6.42 Å². The summed E-state index contributed by atoms with van der Waals surface area (Å²) in [5.41, 5.74) is 1.74. The van der Waals surface area contributed by atoms with Crippen LogP contribution in [-0.4, -0.2) is 24.4 Å². The molecule has 3 rings (SSSR count). The smallest absolute Gasteiger partial charge is 0.251 e. The van der Waals surface area contributed by atoms with Crippen LogP contribution in [0.1, 0.15) is 42.5 Å². The molecule has 0 unspecified atom stereocenters. The quantitative estimate of drug-likeness (QED) is 0.609. The van der Waals surface area contributed by atoms with E-state index < -0.39 is 0 Å². The fourth-order valence-electron chi connectivity index (χ4n) is 3.27. The second-order valence-electron chi connectivity index (χ2n) is 6.92. The fraction of sp³-hybridized carbons (Fsp3) is 0.333. The van der Waals surface area contributed by atoms with Gasteiger partial charge in [0.05, 0.1) is 17.3 Å². The van der Waals surface area contributed by atoms with E-state index in [4.69, 9.17) is 23.2 Å². The molecule has 0 bridgehead atoms. The standard InChI is InChI=1S/C21H23Cl2N3O2/c22-15-9-10-19(18(23)12-15)24-13-20(27)25-17-8-4-5-14(11-17)21(28)26-16-6-2-1-3-7-16/h4-5,8-12,16,24H,1-3,6-7,13H2,(H,25,27)(H,26,28). The molecule has 2 amide bonds. The van der Waals surface area contributed by atoms with Crippen molar-refractivity contribution >= 4 is 46.4 Å². The number of halogens is 2.